The van der Waals surface area contributed by atoms with E-state index < -0.39 is 5.91 Å². The number of nitrogens with zero attached hydrogens (tertiary/aromatic N) is 2. The van der Waals surface area contributed by atoms with Gasteiger partial charge in [-0.15, -0.1) is 5.11 Å². The number of carbonyl (C=O) groups excluding carboxylic acids is 1. The maximum Gasteiger partial charge on any atom is 0.259 e. The van der Waals surface area contributed by atoms with Crippen LogP contribution < -0.4 is 15.8 Å². The van der Waals surface area contributed by atoms with Crippen LogP contribution in [0.5, 0.6) is 11.5 Å². The van der Waals surface area contributed by atoms with E-state index in [1.54, 1.807) is 25.3 Å². The van der Waals surface area contributed by atoms with Gasteiger partial charge in [-0.2, -0.15) is 5.11 Å². The Kier molecular flexibility index (Phi) is 8.08. The minimum Gasteiger partial charge on any atom is -0.505 e. The highest BCUT2D eigenvalue weighted by atomic mass is 16.5. The lowest BCUT2D eigenvalue weighted by atomic mass is 9.84. The number of aryl methyl sites for hydroxylation is 1. The Labute approximate surface area is 223 Å². The first-order chi connectivity index (χ1) is 18.3. The van der Waals surface area contributed by atoms with Crippen LogP contribution in [0.3, 0.4) is 0 Å². The summed E-state index contributed by atoms with van der Waals surface area (Å²) in [4.78, 5) is 13.2. The van der Waals surface area contributed by atoms with Gasteiger partial charge < -0.3 is 20.9 Å². The fourth-order valence-electron chi connectivity index (χ4n) is 4.62. The number of nitrogens with two attached hydrogens (primary N) is 1. The molecule has 0 heterocycles. The summed E-state index contributed by atoms with van der Waals surface area (Å²) in [5, 5.41) is 24.3. The predicted molar refractivity (Wildman–Crippen MR) is 153 cm³/mol. The van der Waals surface area contributed by atoms with Crippen molar-refractivity contribution in [2.45, 2.75) is 45.6 Å². The number of rotatable bonds is 9. The molecule has 4 N–H and O–H groups in total. The molecule has 1 atom stereocenters. The van der Waals surface area contributed by atoms with Crippen molar-refractivity contribution in [1.29, 1.82) is 0 Å². The number of carbonyl (C=O) groups is 1. The lowest BCUT2D eigenvalue weighted by Crippen LogP contribution is -2.35. The molecule has 38 heavy (non-hydrogen) atoms. The van der Waals surface area contributed by atoms with Gasteiger partial charge in [0.05, 0.1) is 18.4 Å². The molecule has 1 amide bonds. The molecule has 0 spiro atoms. The first-order valence-corrected chi connectivity index (χ1v) is 12.8. The topological polar surface area (TPSA) is 109 Å². The van der Waals surface area contributed by atoms with Gasteiger partial charge in [-0.3, -0.25) is 4.79 Å². The molecule has 4 rings (SSSR count). The van der Waals surface area contributed by atoms with E-state index >= 15 is 0 Å². The highest BCUT2D eigenvalue weighted by Crippen LogP contribution is 2.40. The smallest absolute Gasteiger partial charge is 0.259 e. The average Bonchev–Trinajstić information content (AvgIpc) is 2.93. The number of ether oxygens (including phenoxy) is 1. The van der Waals surface area contributed by atoms with Gasteiger partial charge in [0.15, 0.2) is 5.75 Å². The monoisotopic (exact) mass is 510 g/mol. The molecule has 0 radical (unpaired) electrons. The highest BCUT2D eigenvalue weighted by Gasteiger charge is 2.24. The van der Waals surface area contributed by atoms with E-state index in [1.165, 1.54) is 0 Å². The van der Waals surface area contributed by atoms with Gasteiger partial charge in [0, 0.05) is 16.6 Å². The molecule has 0 aliphatic carbocycles. The zero-order valence-corrected chi connectivity index (χ0v) is 22.3. The fraction of sp³-hybridized carbons (Fsp3) is 0.258. The summed E-state index contributed by atoms with van der Waals surface area (Å²) in [6.07, 6.45) is 2.74. The SMILES string of the molecule is CCCC(N)(CC)c1ccc(N=Nc2c(O)c(C(=O)Nc3ccc(OC)cc3C)cc3ccccc23)cc1. The van der Waals surface area contributed by atoms with Crippen LogP contribution in [0.25, 0.3) is 10.8 Å². The molecule has 1 unspecified atom stereocenters. The molecule has 4 aromatic rings. The Balaban J connectivity index is 1.68. The maximum absolute atomic E-state index is 13.2. The Morgan fingerprint density at radius 1 is 1.03 bits per heavy atom. The number of anilines is 1. The summed E-state index contributed by atoms with van der Waals surface area (Å²) >= 11 is 0. The maximum atomic E-state index is 13.2. The zero-order chi connectivity index (χ0) is 27.3. The van der Waals surface area contributed by atoms with Gasteiger partial charge in [-0.05, 0) is 72.7 Å². The third-order valence-electron chi connectivity index (χ3n) is 6.96. The summed E-state index contributed by atoms with van der Waals surface area (Å²) in [7, 11) is 1.59. The first-order valence-electron chi connectivity index (χ1n) is 12.8. The molecule has 0 fully saturated rings. The van der Waals surface area contributed by atoms with E-state index in [0.717, 1.165) is 35.8 Å². The van der Waals surface area contributed by atoms with Crippen LogP contribution in [0.15, 0.2) is 83.0 Å². The summed E-state index contributed by atoms with van der Waals surface area (Å²) < 4.78 is 5.24. The van der Waals surface area contributed by atoms with Crippen LogP contribution in [0.4, 0.5) is 17.1 Å². The van der Waals surface area contributed by atoms with Crippen LogP contribution in [-0.2, 0) is 5.54 Å². The largest absolute Gasteiger partial charge is 0.505 e. The summed E-state index contributed by atoms with van der Waals surface area (Å²) in [5.41, 5.74) is 9.73. The molecule has 0 saturated carbocycles. The lowest BCUT2D eigenvalue weighted by molar-refractivity contribution is 0.102. The van der Waals surface area contributed by atoms with Crippen molar-refractivity contribution < 1.29 is 14.6 Å². The molecule has 196 valence electrons. The van der Waals surface area contributed by atoms with Crippen LogP contribution >= 0.6 is 0 Å². The van der Waals surface area contributed by atoms with Gasteiger partial charge in [0.25, 0.3) is 5.91 Å². The average molecular weight is 511 g/mol. The van der Waals surface area contributed by atoms with Crippen LogP contribution in [0.2, 0.25) is 0 Å². The Morgan fingerprint density at radius 3 is 2.42 bits per heavy atom. The van der Waals surface area contributed by atoms with Gasteiger partial charge >= 0.3 is 0 Å². The predicted octanol–water partition coefficient (Wildman–Crippen LogP) is 7.89. The third-order valence-corrected chi connectivity index (χ3v) is 6.96. The standard InChI is InChI=1S/C31H34N4O3/c1-5-17-31(32,6-2)22-11-13-23(14-12-22)34-35-28-25-10-8-7-9-21(25)19-26(29(28)36)30(37)33-27-16-15-24(38-4)18-20(27)3/h7-16,18-19,36H,5-6,17,32H2,1-4H3,(H,33,37). The first kappa shape index (κ1) is 26.8. The second-order valence-electron chi connectivity index (χ2n) is 9.48. The Morgan fingerprint density at radius 2 is 1.76 bits per heavy atom. The molecule has 0 aliphatic heterocycles. The Bertz CT molecular complexity index is 1480. The van der Waals surface area contributed by atoms with Gasteiger partial charge in [-0.1, -0.05) is 56.7 Å². The number of hydrogen-bond donors (Lipinski definition) is 3. The van der Waals surface area contributed by atoms with Gasteiger partial charge in [-0.25, -0.2) is 0 Å². The van der Waals surface area contributed by atoms with Crippen molar-refractivity contribution in [2.24, 2.45) is 16.0 Å². The van der Waals surface area contributed by atoms with E-state index in [1.807, 2.05) is 61.5 Å². The third kappa shape index (κ3) is 5.53. The second kappa shape index (κ2) is 11.4. The van der Waals surface area contributed by atoms with Crippen LogP contribution in [0, 0.1) is 6.92 Å². The number of phenols is 1. The quantitative estimate of drug-likeness (QED) is 0.199. The molecule has 7 nitrogen and oxygen atoms in total. The summed E-state index contributed by atoms with van der Waals surface area (Å²) in [5.74, 6) is 0.0155. The highest BCUT2D eigenvalue weighted by molar-refractivity contribution is 6.12. The molecule has 0 aromatic heterocycles. The van der Waals surface area contributed by atoms with Crippen molar-refractivity contribution in [3.63, 3.8) is 0 Å². The fourth-order valence-corrected chi connectivity index (χ4v) is 4.62. The molecule has 0 saturated heterocycles. The number of aromatic hydroxyl groups is 1. The number of azo groups is 1. The minimum atomic E-state index is -0.447. The number of hydrogen-bond acceptors (Lipinski definition) is 6. The van der Waals surface area contributed by atoms with Gasteiger partial charge in [0.1, 0.15) is 11.4 Å². The van der Waals surface area contributed by atoms with Gasteiger partial charge in [0.2, 0.25) is 0 Å². The van der Waals surface area contributed by atoms with E-state index in [0.29, 0.717) is 22.5 Å². The number of fused-ring (bicyclic) bond motifs is 1. The molecule has 0 bridgehead atoms. The summed E-state index contributed by atoms with van der Waals surface area (Å²) in [6.45, 7) is 6.10. The second-order valence-corrected chi connectivity index (χ2v) is 9.48. The van der Waals surface area contributed by atoms with E-state index in [2.05, 4.69) is 29.4 Å². The molecular formula is C31H34N4O3. The van der Waals surface area contributed by atoms with Crippen molar-refractivity contribution in [3.05, 3.63) is 89.5 Å². The van der Waals surface area contributed by atoms with Crippen LogP contribution in [-0.4, -0.2) is 18.1 Å². The van der Waals surface area contributed by atoms with E-state index in [-0.39, 0.29) is 22.5 Å². The molecular weight excluding hydrogens is 476 g/mol. The number of benzene rings is 4. The van der Waals surface area contributed by atoms with Crippen molar-refractivity contribution in [1.82, 2.24) is 0 Å². The van der Waals surface area contributed by atoms with E-state index in [9.17, 15) is 9.90 Å². The summed E-state index contributed by atoms with van der Waals surface area (Å²) in [6, 6.07) is 22.2. The number of amides is 1. The van der Waals surface area contributed by atoms with Crippen molar-refractivity contribution in [2.75, 3.05) is 12.4 Å². The number of phenolic OH excluding ortho intramolecular Hbond substituents is 1. The lowest BCUT2D eigenvalue weighted by Gasteiger charge is -2.28. The molecule has 7 heteroatoms. The zero-order valence-electron chi connectivity index (χ0n) is 22.3. The minimum absolute atomic E-state index is 0.110. The normalized spacial score (nSPS) is 13.0. The van der Waals surface area contributed by atoms with Crippen molar-refractivity contribution >= 4 is 33.7 Å². The number of nitrogens with one attached hydrogen (secondary N) is 1. The number of methoxy groups -OCH3 is 1. The van der Waals surface area contributed by atoms with E-state index in [4.69, 9.17) is 10.5 Å². The Hall–Kier alpha value is -4.23. The molecule has 0 aliphatic rings. The van der Waals surface area contributed by atoms with Crippen LogP contribution in [0.1, 0.15) is 54.6 Å². The van der Waals surface area contributed by atoms with Crippen molar-refractivity contribution in [3.8, 4) is 11.5 Å². The molecule has 4 aromatic carbocycles.